The van der Waals surface area contributed by atoms with E-state index in [1.807, 2.05) is 0 Å². The molecular formula is C17H12F6N2O4S2. The molecule has 0 aliphatic rings. The molecule has 31 heavy (non-hydrogen) atoms. The molecule has 0 aliphatic carbocycles. The zero-order chi connectivity index (χ0) is 23.5. The predicted molar refractivity (Wildman–Crippen MR) is 97.3 cm³/mol. The maximum atomic E-state index is 13.3. The molecule has 0 heterocycles. The average Bonchev–Trinajstić information content (AvgIpc) is 2.67. The number of hydrogen-bond acceptors (Lipinski definition) is 4. The Hall–Kier alpha value is -2.74. The first-order chi connectivity index (χ1) is 14.2. The molecule has 0 saturated heterocycles. The Kier molecular flexibility index (Phi) is 6.95. The summed E-state index contributed by atoms with van der Waals surface area (Å²) in [6.07, 6.45) is -1.69. The van der Waals surface area contributed by atoms with E-state index >= 15 is 0 Å². The van der Waals surface area contributed by atoms with E-state index < -0.39 is 58.5 Å². The Balaban J connectivity index is 2.48. The van der Waals surface area contributed by atoms with Crippen molar-refractivity contribution in [3.8, 4) is 0 Å². The van der Waals surface area contributed by atoms with E-state index in [0.29, 0.717) is 0 Å². The van der Waals surface area contributed by atoms with Gasteiger partial charge in [0.15, 0.2) is 19.5 Å². The summed E-state index contributed by atoms with van der Waals surface area (Å²) in [7, 11) is -10.7. The van der Waals surface area contributed by atoms with Crippen molar-refractivity contribution in [2.75, 3.05) is 0 Å². The van der Waals surface area contributed by atoms with E-state index in [4.69, 9.17) is 0 Å². The third-order valence-corrected chi connectivity index (χ3v) is 7.51. The molecule has 0 aliphatic heterocycles. The first-order valence-electron chi connectivity index (χ1n) is 8.03. The number of hydrogen-bond donors (Lipinski definition) is 0. The van der Waals surface area contributed by atoms with E-state index in [2.05, 4.69) is 8.73 Å². The highest BCUT2D eigenvalue weighted by molar-refractivity contribution is 7.95. The molecule has 6 nitrogen and oxygen atoms in total. The van der Waals surface area contributed by atoms with Crippen LogP contribution < -0.4 is 0 Å². The van der Waals surface area contributed by atoms with Crippen LogP contribution in [0.1, 0.15) is 6.42 Å². The summed E-state index contributed by atoms with van der Waals surface area (Å²) in [4.78, 5) is 21.9. The van der Waals surface area contributed by atoms with Crippen LogP contribution in [0.2, 0.25) is 0 Å². The summed E-state index contributed by atoms with van der Waals surface area (Å²) < 4.78 is 110. The van der Waals surface area contributed by atoms with Gasteiger partial charge in [0.05, 0.1) is 9.79 Å². The molecule has 14 heteroatoms. The lowest BCUT2D eigenvalue weighted by molar-refractivity contribution is -0.125. The van der Waals surface area contributed by atoms with Gasteiger partial charge >= 0.3 is 11.0 Å². The first kappa shape index (κ1) is 24.5. The quantitative estimate of drug-likeness (QED) is 0.469. The van der Waals surface area contributed by atoms with Crippen LogP contribution in [0.25, 0.3) is 0 Å². The molecule has 2 aromatic carbocycles. The SMILES string of the molecule is O=C(CC(=O)N=S(=O)(c1ccccc1)C(F)(F)F)N=S(=O)(c1ccccc1)C(F)(F)F. The standard InChI is InChI=1S/C17H12F6N2O4S2/c18-16(19,20)30(28,12-7-3-1-4-8-12)24-14(26)11-15(27)25-31(29,17(21,22)23)13-9-5-2-6-10-13/h1-10H,11H2. The van der Waals surface area contributed by atoms with Crippen LogP contribution in [0.3, 0.4) is 0 Å². The van der Waals surface area contributed by atoms with Gasteiger partial charge in [0, 0.05) is 0 Å². The van der Waals surface area contributed by atoms with Gasteiger partial charge in [-0.15, -0.1) is 8.73 Å². The van der Waals surface area contributed by atoms with Gasteiger partial charge in [-0.1, -0.05) is 36.4 Å². The molecule has 2 unspecified atom stereocenters. The van der Waals surface area contributed by atoms with Crippen LogP contribution in [0.5, 0.6) is 0 Å². The summed E-state index contributed by atoms with van der Waals surface area (Å²) >= 11 is 0. The fourth-order valence-electron chi connectivity index (χ4n) is 2.17. The number of benzene rings is 2. The Morgan fingerprint density at radius 3 is 1.19 bits per heavy atom. The van der Waals surface area contributed by atoms with E-state index in [1.54, 1.807) is 0 Å². The Morgan fingerprint density at radius 2 is 0.935 bits per heavy atom. The fourth-order valence-corrected chi connectivity index (χ4v) is 4.87. The summed E-state index contributed by atoms with van der Waals surface area (Å²) in [6.45, 7) is 0. The second-order valence-electron chi connectivity index (χ2n) is 5.72. The predicted octanol–water partition coefficient (Wildman–Crippen LogP) is 4.52. The lowest BCUT2D eigenvalue weighted by atomic mass is 10.4. The molecular weight excluding hydrogens is 474 g/mol. The zero-order valence-corrected chi connectivity index (χ0v) is 16.7. The van der Waals surface area contributed by atoms with Crippen molar-refractivity contribution in [3.63, 3.8) is 0 Å². The molecule has 2 rings (SSSR count). The lowest BCUT2D eigenvalue weighted by Gasteiger charge is -2.14. The summed E-state index contributed by atoms with van der Waals surface area (Å²) in [5.74, 6) is -3.87. The van der Waals surface area contributed by atoms with Crippen molar-refractivity contribution in [1.29, 1.82) is 0 Å². The van der Waals surface area contributed by atoms with Gasteiger partial charge in [0.2, 0.25) is 0 Å². The van der Waals surface area contributed by atoms with E-state index in [1.165, 1.54) is 12.1 Å². The van der Waals surface area contributed by atoms with Crippen molar-refractivity contribution < 1.29 is 44.3 Å². The Morgan fingerprint density at radius 1 is 0.645 bits per heavy atom. The second kappa shape index (κ2) is 8.78. The van der Waals surface area contributed by atoms with Crippen molar-refractivity contribution in [2.45, 2.75) is 27.2 Å². The number of carbonyl (C=O) groups is 2. The average molecular weight is 486 g/mol. The normalized spacial score (nSPS) is 15.9. The zero-order valence-electron chi connectivity index (χ0n) is 15.1. The summed E-state index contributed by atoms with van der Waals surface area (Å²) in [5.41, 5.74) is -11.0. The molecule has 0 fully saturated rings. The minimum absolute atomic E-state index is 0.782. The number of halogens is 6. The fraction of sp³-hybridized carbons (Fsp3) is 0.176. The molecule has 2 amide bonds. The molecule has 0 saturated carbocycles. The maximum absolute atomic E-state index is 13.3. The molecule has 2 aromatic rings. The molecule has 0 bridgehead atoms. The van der Waals surface area contributed by atoms with Gasteiger partial charge < -0.3 is 0 Å². The van der Waals surface area contributed by atoms with E-state index in [9.17, 15) is 44.3 Å². The molecule has 2 atom stereocenters. The van der Waals surface area contributed by atoms with Crippen LogP contribution in [0, 0.1) is 0 Å². The molecule has 0 N–H and O–H groups in total. The maximum Gasteiger partial charge on any atom is 0.484 e. The number of rotatable bonds is 4. The van der Waals surface area contributed by atoms with Crippen LogP contribution >= 0.6 is 0 Å². The van der Waals surface area contributed by atoms with Gasteiger partial charge in [-0.3, -0.25) is 9.59 Å². The first-order valence-corrected chi connectivity index (χ1v) is 11.1. The van der Waals surface area contributed by atoms with Gasteiger partial charge in [-0.25, -0.2) is 8.42 Å². The van der Waals surface area contributed by atoms with Crippen LogP contribution in [-0.4, -0.2) is 31.2 Å². The van der Waals surface area contributed by atoms with Crippen molar-refractivity contribution in [3.05, 3.63) is 60.7 Å². The van der Waals surface area contributed by atoms with Crippen molar-refractivity contribution >= 4 is 31.3 Å². The third-order valence-electron chi connectivity index (χ3n) is 3.52. The molecule has 0 aromatic heterocycles. The van der Waals surface area contributed by atoms with Crippen molar-refractivity contribution in [2.24, 2.45) is 8.73 Å². The molecule has 0 spiro atoms. The third kappa shape index (κ3) is 5.31. The van der Waals surface area contributed by atoms with Gasteiger partial charge in [-0.2, -0.15) is 26.3 Å². The monoisotopic (exact) mass is 486 g/mol. The summed E-state index contributed by atoms with van der Waals surface area (Å²) in [5, 5.41) is 0. The van der Waals surface area contributed by atoms with Gasteiger partial charge in [0.25, 0.3) is 11.8 Å². The summed E-state index contributed by atoms with van der Waals surface area (Å²) in [6, 6.07) is 10.1. The highest BCUT2D eigenvalue weighted by Gasteiger charge is 2.46. The topological polar surface area (TPSA) is 93.0 Å². The van der Waals surface area contributed by atoms with Crippen LogP contribution in [-0.2, 0) is 29.0 Å². The highest BCUT2D eigenvalue weighted by Crippen LogP contribution is 2.34. The number of alkyl halides is 6. The van der Waals surface area contributed by atoms with E-state index in [0.717, 1.165) is 48.5 Å². The smallest absolute Gasteiger partial charge is 0.271 e. The van der Waals surface area contributed by atoms with E-state index in [-0.39, 0.29) is 0 Å². The van der Waals surface area contributed by atoms with Gasteiger partial charge in [0.1, 0.15) is 6.42 Å². The lowest BCUT2D eigenvalue weighted by Crippen LogP contribution is -2.26. The Bertz CT molecular complexity index is 1110. The molecule has 168 valence electrons. The highest BCUT2D eigenvalue weighted by atomic mass is 32.2. The van der Waals surface area contributed by atoms with Gasteiger partial charge in [-0.05, 0) is 24.3 Å². The van der Waals surface area contributed by atoms with Crippen LogP contribution in [0.15, 0.2) is 79.2 Å². The van der Waals surface area contributed by atoms with Crippen molar-refractivity contribution in [1.82, 2.24) is 0 Å². The molecule has 0 radical (unpaired) electrons. The minimum Gasteiger partial charge on any atom is -0.271 e. The minimum atomic E-state index is -5.52. The largest absolute Gasteiger partial charge is 0.484 e. The number of amides is 2. The number of carbonyl (C=O) groups excluding carboxylic acids is 2. The van der Waals surface area contributed by atoms with Crippen LogP contribution in [0.4, 0.5) is 26.3 Å². The Labute approximate surface area is 172 Å². The number of nitrogens with zero attached hydrogens (tertiary/aromatic N) is 2. The second-order valence-corrected chi connectivity index (χ2v) is 10.1.